The Kier molecular flexibility index (Phi) is 2.82. The van der Waals surface area contributed by atoms with Gasteiger partial charge in [-0.1, -0.05) is 0 Å². The number of likely N-dealkylation sites (tertiary alicyclic amines) is 1. The number of nitriles is 1. The van der Waals surface area contributed by atoms with Crippen LogP contribution in [0.3, 0.4) is 0 Å². The predicted molar refractivity (Wildman–Crippen MR) is 49.2 cm³/mol. The van der Waals surface area contributed by atoms with E-state index in [2.05, 4.69) is 11.0 Å². The summed E-state index contributed by atoms with van der Waals surface area (Å²) in [6.45, 7) is 2.86. The molecule has 2 rings (SSSR count). The van der Waals surface area contributed by atoms with Crippen LogP contribution in [0.5, 0.6) is 0 Å². The van der Waals surface area contributed by atoms with Gasteiger partial charge >= 0.3 is 0 Å². The Morgan fingerprint density at radius 1 is 1.23 bits per heavy atom. The van der Waals surface area contributed by atoms with E-state index in [1.54, 1.807) is 0 Å². The van der Waals surface area contributed by atoms with Crippen molar-refractivity contribution in [1.82, 2.24) is 4.90 Å². The Labute approximate surface area is 79.3 Å². The molecule has 0 N–H and O–H groups in total. The number of rotatable bonds is 1. The quantitative estimate of drug-likeness (QED) is 0.607. The molecule has 72 valence electrons. The first-order chi connectivity index (χ1) is 6.42. The van der Waals surface area contributed by atoms with Crippen molar-refractivity contribution in [2.45, 2.75) is 37.8 Å². The second-order valence-corrected chi connectivity index (χ2v) is 3.87. The highest BCUT2D eigenvalue weighted by Gasteiger charge is 2.31. The van der Waals surface area contributed by atoms with Crippen LogP contribution in [0.15, 0.2) is 0 Å². The Morgan fingerprint density at radius 3 is 2.69 bits per heavy atom. The number of ether oxygens (including phenoxy) is 1. The van der Waals surface area contributed by atoms with Crippen molar-refractivity contribution in [2.24, 2.45) is 0 Å². The van der Waals surface area contributed by atoms with Crippen LogP contribution in [0.4, 0.5) is 0 Å². The van der Waals surface area contributed by atoms with E-state index in [0.717, 1.165) is 39.0 Å². The summed E-state index contributed by atoms with van der Waals surface area (Å²) >= 11 is 0. The molecule has 2 aliphatic rings. The Balaban J connectivity index is 1.94. The molecule has 0 bridgehead atoms. The van der Waals surface area contributed by atoms with Crippen molar-refractivity contribution < 1.29 is 4.74 Å². The van der Waals surface area contributed by atoms with E-state index in [1.807, 2.05) is 0 Å². The lowest BCUT2D eigenvalue weighted by atomic mass is 10.1. The zero-order valence-corrected chi connectivity index (χ0v) is 7.91. The predicted octanol–water partition coefficient (Wildman–Crippen LogP) is 1.15. The molecule has 2 saturated heterocycles. The summed E-state index contributed by atoms with van der Waals surface area (Å²) in [6.07, 6.45) is 4.47. The highest BCUT2D eigenvalue weighted by molar-refractivity contribution is 4.98. The van der Waals surface area contributed by atoms with Gasteiger partial charge in [-0.25, -0.2) is 0 Å². The highest BCUT2D eigenvalue weighted by Crippen LogP contribution is 2.24. The summed E-state index contributed by atoms with van der Waals surface area (Å²) in [5.74, 6) is 0. The fourth-order valence-electron chi connectivity index (χ4n) is 2.38. The third-order valence-electron chi connectivity index (χ3n) is 3.10. The second-order valence-electron chi connectivity index (χ2n) is 3.87. The molecule has 13 heavy (non-hydrogen) atoms. The molecule has 0 aliphatic carbocycles. The first-order valence-corrected chi connectivity index (χ1v) is 5.15. The third-order valence-corrected chi connectivity index (χ3v) is 3.10. The molecule has 3 heteroatoms. The molecule has 2 aliphatic heterocycles. The van der Waals surface area contributed by atoms with Crippen LogP contribution in [-0.4, -0.2) is 36.7 Å². The van der Waals surface area contributed by atoms with Crippen molar-refractivity contribution in [2.75, 3.05) is 19.8 Å². The lowest BCUT2D eigenvalue weighted by Crippen LogP contribution is -2.41. The van der Waals surface area contributed by atoms with Crippen LogP contribution < -0.4 is 0 Å². The molecule has 0 radical (unpaired) electrons. The first-order valence-electron chi connectivity index (χ1n) is 5.15. The van der Waals surface area contributed by atoms with Gasteiger partial charge < -0.3 is 4.74 Å². The van der Waals surface area contributed by atoms with E-state index in [-0.39, 0.29) is 6.04 Å². The van der Waals surface area contributed by atoms with Gasteiger partial charge in [-0.05, 0) is 32.2 Å². The van der Waals surface area contributed by atoms with Crippen LogP contribution in [-0.2, 0) is 4.74 Å². The average molecular weight is 180 g/mol. The van der Waals surface area contributed by atoms with E-state index in [9.17, 15) is 0 Å². The minimum absolute atomic E-state index is 0.183. The van der Waals surface area contributed by atoms with Crippen molar-refractivity contribution >= 4 is 0 Å². The van der Waals surface area contributed by atoms with Crippen molar-refractivity contribution in [3.05, 3.63) is 0 Å². The molecule has 2 heterocycles. The zero-order chi connectivity index (χ0) is 9.10. The van der Waals surface area contributed by atoms with Gasteiger partial charge in [0.15, 0.2) is 0 Å². The SMILES string of the molecule is N#CC1CCCN1C1CCOCC1. The van der Waals surface area contributed by atoms with Gasteiger partial charge in [0.25, 0.3) is 0 Å². The van der Waals surface area contributed by atoms with Crippen LogP contribution in [0.2, 0.25) is 0 Å². The molecule has 1 atom stereocenters. The Hall–Kier alpha value is -0.590. The minimum Gasteiger partial charge on any atom is -0.381 e. The van der Waals surface area contributed by atoms with Gasteiger partial charge in [-0.2, -0.15) is 5.26 Å². The molecule has 0 amide bonds. The first kappa shape index (κ1) is 8.98. The normalized spacial score (nSPS) is 31.8. The monoisotopic (exact) mass is 180 g/mol. The summed E-state index contributed by atoms with van der Waals surface area (Å²) in [6, 6.07) is 3.19. The molecule has 0 aromatic rings. The highest BCUT2D eigenvalue weighted by atomic mass is 16.5. The lowest BCUT2D eigenvalue weighted by Gasteiger charge is -2.32. The zero-order valence-electron chi connectivity index (χ0n) is 7.91. The lowest BCUT2D eigenvalue weighted by molar-refractivity contribution is 0.0358. The number of nitrogens with zero attached hydrogens (tertiary/aromatic N) is 2. The Bertz CT molecular complexity index is 205. The van der Waals surface area contributed by atoms with Crippen LogP contribution in [0.1, 0.15) is 25.7 Å². The molecule has 0 spiro atoms. The van der Waals surface area contributed by atoms with Crippen molar-refractivity contribution in [3.63, 3.8) is 0 Å². The molecule has 2 fully saturated rings. The largest absolute Gasteiger partial charge is 0.381 e. The van der Waals surface area contributed by atoms with Gasteiger partial charge in [0, 0.05) is 19.3 Å². The number of hydrogen-bond donors (Lipinski definition) is 0. The van der Waals surface area contributed by atoms with Gasteiger partial charge in [0.05, 0.1) is 12.1 Å². The third kappa shape index (κ3) is 1.84. The molecular weight excluding hydrogens is 164 g/mol. The number of hydrogen-bond acceptors (Lipinski definition) is 3. The molecule has 0 aromatic carbocycles. The smallest absolute Gasteiger partial charge is 0.0980 e. The maximum Gasteiger partial charge on any atom is 0.0980 e. The molecular formula is C10H16N2O. The molecule has 1 unspecified atom stereocenters. The summed E-state index contributed by atoms with van der Waals surface area (Å²) in [5.41, 5.74) is 0. The van der Waals surface area contributed by atoms with Gasteiger partial charge in [0.2, 0.25) is 0 Å². The topological polar surface area (TPSA) is 36.3 Å². The standard InChI is InChI=1S/C10H16N2O/c11-8-10-2-1-5-12(10)9-3-6-13-7-4-9/h9-10H,1-7H2. The fraction of sp³-hybridized carbons (Fsp3) is 0.900. The summed E-state index contributed by atoms with van der Waals surface area (Å²) in [4.78, 5) is 2.38. The second kappa shape index (κ2) is 4.08. The van der Waals surface area contributed by atoms with E-state index >= 15 is 0 Å². The van der Waals surface area contributed by atoms with Crippen molar-refractivity contribution in [3.8, 4) is 6.07 Å². The van der Waals surface area contributed by atoms with Gasteiger partial charge in [0.1, 0.15) is 0 Å². The van der Waals surface area contributed by atoms with E-state index in [1.165, 1.54) is 6.42 Å². The van der Waals surface area contributed by atoms with E-state index in [4.69, 9.17) is 10.00 Å². The summed E-state index contributed by atoms with van der Waals surface area (Å²) in [7, 11) is 0. The van der Waals surface area contributed by atoms with Crippen LogP contribution >= 0.6 is 0 Å². The van der Waals surface area contributed by atoms with E-state index in [0.29, 0.717) is 6.04 Å². The maximum absolute atomic E-state index is 8.94. The summed E-state index contributed by atoms with van der Waals surface area (Å²) in [5, 5.41) is 8.94. The Morgan fingerprint density at radius 2 is 2.00 bits per heavy atom. The fourth-order valence-corrected chi connectivity index (χ4v) is 2.38. The minimum atomic E-state index is 0.183. The van der Waals surface area contributed by atoms with Gasteiger partial charge in [-0.15, -0.1) is 0 Å². The van der Waals surface area contributed by atoms with Crippen LogP contribution in [0.25, 0.3) is 0 Å². The average Bonchev–Trinajstić information content (AvgIpc) is 2.67. The molecule has 0 aromatic heterocycles. The van der Waals surface area contributed by atoms with Crippen molar-refractivity contribution in [1.29, 1.82) is 5.26 Å². The molecule has 0 saturated carbocycles. The van der Waals surface area contributed by atoms with E-state index < -0.39 is 0 Å². The van der Waals surface area contributed by atoms with Gasteiger partial charge in [-0.3, -0.25) is 4.90 Å². The summed E-state index contributed by atoms with van der Waals surface area (Å²) < 4.78 is 5.32. The molecule has 3 nitrogen and oxygen atoms in total. The maximum atomic E-state index is 8.94. The van der Waals surface area contributed by atoms with Crippen LogP contribution in [0, 0.1) is 11.3 Å².